The van der Waals surface area contributed by atoms with Crippen LogP contribution in [-0.2, 0) is 5.41 Å². The molecule has 0 fully saturated rings. The first-order valence-electron chi connectivity index (χ1n) is 18.5. The Morgan fingerprint density at radius 2 is 0.885 bits per heavy atom. The summed E-state index contributed by atoms with van der Waals surface area (Å²) >= 11 is 0. The molecule has 0 aromatic heterocycles. The topological polar surface area (TPSA) is 3.24 Å². The minimum atomic E-state index is 0.150. The summed E-state index contributed by atoms with van der Waals surface area (Å²) in [5, 5.41) is 5.08. The van der Waals surface area contributed by atoms with Gasteiger partial charge < -0.3 is 4.90 Å². The average Bonchev–Trinajstić information content (AvgIpc) is 3.17. The second kappa shape index (κ2) is 12.4. The normalized spacial score (nSPS) is 12.1. The van der Waals surface area contributed by atoms with E-state index in [1.807, 2.05) is 0 Å². The summed E-state index contributed by atoms with van der Waals surface area (Å²) in [7, 11) is 0. The van der Waals surface area contributed by atoms with Gasteiger partial charge >= 0.3 is 0 Å². The molecule has 0 saturated heterocycles. The fraction of sp³-hybridized carbons (Fsp3) is 0.137. The molecule has 1 heteroatoms. The molecule has 1 aliphatic carbocycles. The van der Waals surface area contributed by atoms with Gasteiger partial charge in [-0.3, -0.25) is 0 Å². The third-order valence-corrected chi connectivity index (χ3v) is 10.9. The summed E-state index contributed by atoms with van der Waals surface area (Å²) in [6, 6.07) is 61.0. The summed E-state index contributed by atoms with van der Waals surface area (Å²) in [6.07, 6.45) is 0. The van der Waals surface area contributed by atoms with Crippen molar-refractivity contribution < 1.29 is 0 Å². The molecule has 0 amide bonds. The largest absolute Gasteiger partial charge is 0.310 e. The van der Waals surface area contributed by atoms with Crippen molar-refractivity contribution in [3.05, 3.63) is 175 Å². The molecular formula is C51H43N. The molecule has 0 saturated carbocycles. The molecule has 0 heterocycles. The smallest absolute Gasteiger partial charge is 0.0468 e. The van der Waals surface area contributed by atoms with Crippen LogP contribution < -0.4 is 4.90 Å². The Labute approximate surface area is 307 Å². The first-order chi connectivity index (χ1) is 25.2. The van der Waals surface area contributed by atoms with Crippen LogP contribution >= 0.6 is 0 Å². The Kier molecular flexibility index (Phi) is 7.63. The predicted molar refractivity (Wildman–Crippen MR) is 224 cm³/mol. The molecule has 52 heavy (non-hydrogen) atoms. The molecule has 0 unspecified atom stereocenters. The van der Waals surface area contributed by atoms with Crippen LogP contribution in [0.25, 0.3) is 66.1 Å². The Balaban J connectivity index is 1.08. The lowest BCUT2D eigenvalue weighted by Gasteiger charge is -2.28. The third kappa shape index (κ3) is 5.67. The maximum atomic E-state index is 2.40. The summed E-state index contributed by atoms with van der Waals surface area (Å²) in [4.78, 5) is 2.40. The van der Waals surface area contributed by atoms with E-state index < -0.39 is 0 Å². The van der Waals surface area contributed by atoms with E-state index in [-0.39, 0.29) is 5.41 Å². The van der Waals surface area contributed by atoms with Crippen LogP contribution in [0.1, 0.15) is 51.7 Å². The van der Waals surface area contributed by atoms with Crippen molar-refractivity contribution in [3.8, 4) is 44.5 Å². The van der Waals surface area contributed by atoms with Crippen LogP contribution in [0.15, 0.2) is 164 Å². The minimum absolute atomic E-state index is 0.150. The molecule has 8 aromatic carbocycles. The molecule has 1 aliphatic rings. The van der Waals surface area contributed by atoms with Crippen molar-refractivity contribution >= 4 is 38.6 Å². The molecule has 0 aliphatic heterocycles. The van der Waals surface area contributed by atoms with E-state index in [2.05, 4.69) is 203 Å². The van der Waals surface area contributed by atoms with E-state index in [0.29, 0.717) is 5.92 Å². The summed E-state index contributed by atoms with van der Waals surface area (Å²) in [5.74, 6) is 0.445. The van der Waals surface area contributed by atoms with Crippen LogP contribution in [0.4, 0.5) is 17.1 Å². The summed E-state index contributed by atoms with van der Waals surface area (Å²) in [6.45, 7) is 11.3. The molecule has 0 bridgehead atoms. The highest BCUT2D eigenvalue weighted by atomic mass is 15.1. The van der Waals surface area contributed by atoms with Gasteiger partial charge in [0.1, 0.15) is 0 Å². The number of benzene rings is 8. The Bertz CT molecular complexity index is 2600. The molecule has 0 atom stereocenters. The van der Waals surface area contributed by atoms with Crippen molar-refractivity contribution in [3.63, 3.8) is 0 Å². The van der Waals surface area contributed by atoms with E-state index in [0.717, 1.165) is 11.4 Å². The lowest BCUT2D eigenvalue weighted by molar-refractivity contribution is 0.590. The van der Waals surface area contributed by atoms with Gasteiger partial charge in [-0.1, -0.05) is 132 Å². The van der Waals surface area contributed by atoms with E-state index in [4.69, 9.17) is 0 Å². The van der Waals surface area contributed by atoms with Crippen molar-refractivity contribution in [2.45, 2.75) is 46.0 Å². The molecule has 9 rings (SSSR count). The monoisotopic (exact) mass is 669 g/mol. The number of anilines is 3. The number of hydrogen-bond donors (Lipinski definition) is 0. The van der Waals surface area contributed by atoms with Crippen molar-refractivity contribution in [2.24, 2.45) is 0 Å². The first kappa shape index (κ1) is 32.0. The van der Waals surface area contributed by atoms with E-state index >= 15 is 0 Å². The van der Waals surface area contributed by atoms with Crippen molar-refractivity contribution in [1.82, 2.24) is 0 Å². The zero-order valence-electron chi connectivity index (χ0n) is 30.6. The second-order valence-corrected chi connectivity index (χ2v) is 15.7. The summed E-state index contributed by atoms with van der Waals surface area (Å²) < 4.78 is 0. The Morgan fingerprint density at radius 3 is 1.52 bits per heavy atom. The van der Waals surface area contributed by atoms with Crippen LogP contribution in [0, 0.1) is 0 Å². The molecule has 1 nitrogen and oxygen atoms in total. The maximum Gasteiger partial charge on any atom is 0.0468 e. The van der Waals surface area contributed by atoms with Gasteiger partial charge in [0.15, 0.2) is 0 Å². The minimum Gasteiger partial charge on any atom is -0.310 e. The number of rotatable bonds is 6. The second-order valence-electron chi connectivity index (χ2n) is 15.7. The molecule has 0 N–H and O–H groups in total. The maximum absolute atomic E-state index is 2.40. The highest BCUT2D eigenvalue weighted by Gasteiger charge is 2.24. The van der Waals surface area contributed by atoms with Crippen molar-refractivity contribution in [1.29, 1.82) is 0 Å². The molecule has 0 spiro atoms. The Hall–Kier alpha value is -5.92. The highest BCUT2D eigenvalue weighted by Crippen LogP contribution is 2.51. The van der Waals surface area contributed by atoms with Crippen LogP contribution in [-0.4, -0.2) is 0 Å². The lowest BCUT2D eigenvalue weighted by Crippen LogP contribution is -2.10. The quantitative estimate of drug-likeness (QED) is 0.170. The highest BCUT2D eigenvalue weighted by molar-refractivity contribution is 6.12. The first-order valence-corrected chi connectivity index (χ1v) is 18.5. The van der Waals surface area contributed by atoms with Gasteiger partial charge in [-0.25, -0.2) is 0 Å². The van der Waals surface area contributed by atoms with E-state index in [1.165, 1.54) is 82.9 Å². The molecule has 252 valence electrons. The zero-order chi connectivity index (χ0) is 35.6. The van der Waals surface area contributed by atoms with Crippen LogP contribution in [0.5, 0.6) is 0 Å². The van der Waals surface area contributed by atoms with Crippen LogP contribution in [0.2, 0.25) is 0 Å². The number of fused-ring (bicyclic) bond motifs is 6. The molecule has 8 aromatic rings. The number of hydrogen-bond acceptors (Lipinski definition) is 1. The van der Waals surface area contributed by atoms with Crippen molar-refractivity contribution in [2.75, 3.05) is 4.90 Å². The lowest BCUT2D eigenvalue weighted by atomic mass is 9.77. The van der Waals surface area contributed by atoms with E-state index in [1.54, 1.807) is 0 Å². The third-order valence-electron chi connectivity index (χ3n) is 10.9. The van der Waals surface area contributed by atoms with Gasteiger partial charge in [0.05, 0.1) is 0 Å². The summed E-state index contributed by atoms with van der Waals surface area (Å²) in [5.41, 5.74) is 16.6. The van der Waals surface area contributed by atoms with Crippen LogP contribution in [0.3, 0.4) is 0 Å². The number of nitrogens with zero attached hydrogens (tertiary/aromatic N) is 1. The van der Waals surface area contributed by atoms with Gasteiger partial charge in [-0.2, -0.15) is 0 Å². The van der Waals surface area contributed by atoms with Gasteiger partial charge in [0.2, 0.25) is 0 Å². The van der Waals surface area contributed by atoms with Gasteiger partial charge in [-0.05, 0) is 155 Å². The van der Waals surface area contributed by atoms with E-state index in [9.17, 15) is 0 Å². The fourth-order valence-electron chi connectivity index (χ4n) is 7.80. The predicted octanol–water partition coefficient (Wildman–Crippen LogP) is 14.9. The average molecular weight is 670 g/mol. The fourth-order valence-corrected chi connectivity index (χ4v) is 7.80. The standard InChI is InChI=1S/C51H43N/c1-33(2)37-12-9-13-45(27-37)52(44-23-18-35(19-24-44)34-10-7-6-8-11-34)46-25-20-40-30-48-49-31-41-26-38(36-16-21-43(22-17-36)51(3,4)5)14-15-39(41)29-47(49)50(48)32-42(40)28-46/h6-33H,1-5H3. The van der Waals surface area contributed by atoms with Gasteiger partial charge in [-0.15, -0.1) is 0 Å². The zero-order valence-corrected chi connectivity index (χ0v) is 30.6. The SMILES string of the molecule is CC(C)c1cccc(N(c2ccc(-c3ccccc3)cc2)c2ccc3cc4c(cc3c2)-c2cc3ccc(-c5ccc(C(C)(C)C)cc5)cc3cc2-4)c1. The molecular weight excluding hydrogens is 627 g/mol. The van der Waals surface area contributed by atoms with Gasteiger partial charge in [0.25, 0.3) is 0 Å². The molecule has 0 radical (unpaired) electrons. The van der Waals surface area contributed by atoms with Gasteiger partial charge in [0, 0.05) is 17.1 Å². The Morgan fingerprint density at radius 1 is 0.385 bits per heavy atom.